The Morgan fingerprint density at radius 3 is 2.56 bits per heavy atom. The Hall–Kier alpha value is -2.17. The van der Waals surface area contributed by atoms with Gasteiger partial charge in [-0.25, -0.2) is 4.98 Å². The van der Waals surface area contributed by atoms with Crippen LogP contribution in [0.2, 0.25) is 0 Å². The van der Waals surface area contributed by atoms with Crippen LogP contribution in [-0.4, -0.2) is 35.6 Å². The number of aromatic nitrogens is 1. The number of oxazole rings is 1. The van der Waals surface area contributed by atoms with Gasteiger partial charge in [0.15, 0.2) is 5.58 Å². The van der Waals surface area contributed by atoms with Crippen molar-refractivity contribution in [1.82, 2.24) is 9.88 Å². The molecule has 3 aliphatic rings. The molecule has 4 heteroatoms. The lowest BCUT2D eigenvalue weighted by molar-refractivity contribution is -0.0765. The van der Waals surface area contributed by atoms with E-state index in [1.54, 1.807) is 0 Å². The number of ether oxygens (including phenoxy) is 1. The van der Waals surface area contributed by atoms with Crippen LogP contribution in [-0.2, 0) is 11.3 Å². The van der Waals surface area contributed by atoms with Crippen molar-refractivity contribution in [2.75, 3.05) is 19.6 Å². The molecule has 3 fully saturated rings. The summed E-state index contributed by atoms with van der Waals surface area (Å²) >= 11 is 0. The fourth-order valence-electron chi connectivity index (χ4n) is 4.04. The zero-order chi connectivity index (χ0) is 16.6. The molecule has 3 aliphatic heterocycles. The summed E-state index contributed by atoms with van der Waals surface area (Å²) in [6, 6.07) is 16.2. The van der Waals surface area contributed by atoms with E-state index in [1.165, 1.54) is 31.5 Å². The van der Waals surface area contributed by atoms with Crippen LogP contribution in [0.4, 0.5) is 0 Å². The van der Waals surface area contributed by atoms with E-state index in [0.29, 0.717) is 18.6 Å². The first-order valence-electron chi connectivity index (χ1n) is 9.14. The highest BCUT2D eigenvalue weighted by Gasteiger charge is 2.34. The van der Waals surface area contributed by atoms with E-state index in [2.05, 4.69) is 34.1 Å². The Morgan fingerprint density at radius 2 is 1.84 bits per heavy atom. The van der Waals surface area contributed by atoms with Gasteiger partial charge < -0.3 is 14.1 Å². The normalized spacial score (nSPS) is 25.5. The minimum atomic E-state index is 0.402. The molecule has 4 heterocycles. The summed E-state index contributed by atoms with van der Waals surface area (Å²) in [5.74, 6) is 1.43. The van der Waals surface area contributed by atoms with Gasteiger partial charge in [-0.15, -0.1) is 0 Å². The van der Waals surface area contributed by atoms with E-state index in [0.717, 1.165) is 29.1 Å². The molecular weight excluding hydrogens is 312 g/mol. The van der Waals surface area contributed by atoms with Gasteiger partial charge in [0.2, 0.25) is 5.89 Å². The van der Waals surface area contributed by atoms with Gasteiger partial charge in [0.25, 0.3) is 0 Å². The molecular formula is C21H22N2O2. The molecule has 0 N–H and O–H groups in total. The Labute approximate surface area is 147 Å². The number of hydrogen-bond donors (Lipinski definition) is 0. The third kappa shape index (κ3) is 2.96. The van der Waals surface area contributed by atoms with Crippen LogP contribution in [0.1, 0.15) is 18.4 Å². The molecule has 0 saturated carbocycles. The predicted molar refractivity (Wildman–Crippen MR) is 97.2 cm³/mol. The number of nitrogens with zero attached hydrogens (tertiary/aromatic N) is 2. The van der Waals surface area contributed by atoms with E-state index in [9.17, 15) is 0 Å². The molecule has 0 radical (unpaired) electrons. The molecule has 0 spiro atoms. The van der Waals surface area contributed by atoms with Gasteiger partial charge in [-0.3, -0.25) is 0 Å². The summed E-state index contributed by atoms with van der Waals surface area (Å²) < 4.78 is 12.1. The summed E-state index contributed by atoms with van der Waals surface area (Å²) in [5, 5.41) is 0. The highest BCUT2D eigenvalue weighted by atomic mass is 16.5. The lowest BCUT2D eigenvalue weighted by atomic mass is 9.86. The molecule has 1 aromatic heterocycles. The van der Waals surface area contributed by atoms with Gasteiger partial charge in [-0.2, -0.15) is 0 Å². The fraction of sp³-hybridized carbons (Fsp3) is 0.381. The molecule has 6 rings (SSSR count). The van der Waals surface area contributed by atoms with E-state index >= 15 is 0 Å². The van der Waals surface area contributed by atoms with E-state index in [-0.39, 0.29) is 0 Å². The van der Waals surface area contributed by atoms with Crippen molar-refractivity contribution in [2.45, 2.75) is 25.6 Å². The summed E-state index contributed by atoms with van der Waals surface area (Å²) in [7, 11) is 0. The summed E-state index contributed by atoms with van der Waals surface area (Å²) in [6.45, 7) is 4.29. The van der Waals surface area contributed by atoms with Gasteiger partial charge >= 0.3 is 0 Å². The van der Waals surface area contributed by atoms with E-state index < -0.39 is 0 Å². The van der Waals surface area contributed by atoms with Gasteiger partial charge in [0.1, 0.15) is 5.52 Å². The maximum Gasteiger partial charge on any atom is 0.227 e. The maximum atomic E-state index is 6.22. The monoisotopic (exact) mass is 334 g/mol. The van der Waals surface area contributed by atoms with E-state index in [1.807, 2.05) is 24.3 Å². The molecule has 1 atom stereocenters. The molecule has 2 aromatic carbocycles. The summed E-state index contributed by atoms with van der Waals surface area (Å²) in [5.41, 5.74) is 3.93. The molecule has 0 aliphatic carbocycles. The number of benzene rings is 2. The highest BCUT2D eigenvalue weighted by molar-refractivity contribution is 5.75. The molecule has 3 saturated heterocycles. The van der Waals surface area contributed by atoms with Crippen LogP contribution in [0.5, 0.6) is 0 Å². The largest absolute Gasteiger partial charge is 0.436 e. The fourth-order valence-corrected chi connectivity index (χ4v) is 4.04. The smallest absolute Gasteiger partial charge is 0.227 e. The second-order valence-electron chi connectivity index (χ2n) is 7.17. The summed E-state index contributed by atoms with van der Waals surface area (Å²) in [6.07, 6.45) is 2.99. The van der Waals surface area contributed by atoms with Crippen molar-refractivity contribution in [2.24, 2.45) is 5.92 Å². The van der Waals surface area contributed by atoms with Crippen molar-refractivity contribution in [3.63, 3.8) is 0 Å². The molecule has 25 heavy (non-hydrogen) atoms. The minimum absolute atomic E-state index is 0.402. The van der Waals surface area contributed by atoms with Gasteiger partial charge in [-0.05, 0) is 61.7 Å². The van der Waals surface area contributed by atoms with Crippen LogP contribution >= 0.6 is 0 Å². The number of para-hydroxylation sites is 2. The second kappa shape index (κ2) is 6.28. The molecule has 0 amide bonds. The molecule has 4 nitrogen and oxygen atoms in total. The quantitative estimate of drug-likeness (QED) is 0.720. The maximum absolute atomic E-state index is 6.22. The first-order chi connectivity index (χ1) is 12.3. The number of piperidine rings is 3. The van der Waals surface area contributed by atoms with Crippen molar-refractivity contribution < 1.29 is 9.15 Å². The van der Waals surface area contributed by atoms with Crippen LogP contribution in [0.25, 0.3) is 22.6 Å². The van der Waals surface area contributed by atoms with Gasteiger partial charge in [-0.1, -0.05) is 24.3 Å². The summed E-state index contributed by atoms with van der Waals surface area (Å²) in [4.78, 5) is 7.08. The number of rotatable bonds is 4. The van der Waals surface area contributed by atoms with Crippen LogP contribution in [0.15, 0.2) is 52.9 Å². The second-order valence-corrected chi connectivity index (χ2v) is 7.17. The SMILES string of the molecule is c1ccc2oc(-c3ccc(COC4CN5CCC4CC5)cc3)nc2c1. The van der Waals surface area contributed by atoms with Crippen molar-refractivity contribution in [3.05, 3.63) is 54.1 Å². The van der Waals surface area contributed by atoms with Crippen LogP contribution < -0.4 is 0 Å². The molecule has 3 aromatic rings. The van der Waals surface area contributed by atoms with Crippen molar-refractivity contribution >= 4 is 11.1 Å². The zero-order valence-electron chi connectivity index (χ0n) is 14.2. The van der Waals surface area contributed by atoms with Crippen molar-refractivity contribution in [3.8, 4) is 11.5 Å². The van der Waals surface area contributed by atoms with E-state index in [4.69, 9.17) is 9.15 Å². The van der Waals surface area contributed by atoms with Gasteiger partial charge in [0.05, 0.1) is 12.7 Å². The minimum Gasteiger partial charge on any atom is -0.436 e. The Balaban J connectivity index is 1.27. The third-order valence-electron chi connectivity index (χ3n) is 5.56. The first kappa shape index (κ1) is 15.1. The van der Waals surface area contributed by atoms with Crippen LogP contribution in [0, 0.1) is 5.92 Å². The average Bonchev–Trinajstić information content (AvgIpc) is 3.12. The molecule has 128 valence electrons. The van der Waals surface area contributed by atoms with Gasteiger partial charge in [0, 0.05) is 12.1 Å². The lowest BCUT2D eigenvalue weighted by Gasteiger charge is -2.44. The number of fused-ring (bicyclic) bond motifs is 4. The third-order valence-corrected chi connectivity index (χ3v) is 5.56. The van der Waals surface area contributed by atoms with Crippen molar-refractivity contribution in [1.29, 1.82) is 0 Å². The topological polar surface area (TPSA) is 38.5 Å². The first-order valence-corrected chi connectivity index (χ1v) is 9.14. The Bertz CT molecular complexity index is 830. The average molecular weight is 334 g/mol. The standard InChI is InChI=1S/C21H22N2O2/c1-2-4-19-18(3-1)22-21(25-19)17-7-5-15(6-8-17)14-24-20-13-23-11-9-16(20)10-12-23/h1-8,16,20H,9-14H2. The van der Waals surface area contributed by atoms with Crippen LogP contribution in [0.3, 0.4) is 0 Å². The lowest BCUT2D eigenvalue weighted by Crippen LogP contribution is -2.51. The Morgan fingerprint density at radius 1 is 1.04 bits per heavy atom. The predicted octanol–water partition coefficient (Wildman–Crippen LogP) is 4.11. The number of hydrogen-bond acceptors (Lipinski definition) is 4. The Kier molecular flexibility index (Phi) is 3.80. The highest BCUT2D eigenvalue weighted by Crippen LogP contribution is 2.30. The molecule has 2 bridgehead atoms. The molecule has 1 unspecified atom stereocenters. The zero-order valence-corrected chi connectivity index (χ0v) is 14.2.